The summed E-state index contributed by atoms with van der Waals surface area (Å²) in [7, 11) is 0. The van der Waals surface area contributed by atoms with E-state index in [-0.39, 0.29) is 0 Å². The van der Waals surface area contributed by atoms with Gasteiger partial charge in [0.1, 0.15) is 0 Å². The smallest absolute Gasteiger partial charge is 0.0264 e. The molecule has 1 unspecified atom stereocenters. The molecule has 0 spiro atoms. The molecular weight excluding hydrogens is 132 g/mol. The van der Waals surface area contributed by atoms with E-state index in [2.05, 4.69) is 34.6 Å². The maximum atomic E-state index is 2.44. The van der Waals surface area contributed by atoms with Crippen LogP contribution in [0.1, 0.15) is 47.5 Å². The SMILES string of the molecule is C[C](C)C(C(C)C)C1(C)CC1. The molecule has 1 rings (SSSR count). The Bertz CT molecular complexity index is 121. The molecule has 0 bridgehead atoms. The van der Waals surface area contributed by atoms with Gasteiger partial charge in [0.05, 0.1) is 0 Å². The second-order valence-corrected chi connectivity index (χ2v) is 4.95. The Balaban J connectivity index is 2.60. The van der Waals surface area contributed by atoms with E-state index in [4.69, 9.17) is 0 Å². The van der Waals surface area contributed by atoms with E-state index < -0.39 is 0 Å². The van der Waals surface area contributed by atoms with Crippen molar-refractivity contribution in [2.45, 2.75) is 47.5 Å². The van der Waals surface area contributed by atoms with Gasteiger partial charge in [-0.25, -0.2) is 0 Å². The second-order valence-electron chi connectivity index (χ2n) is 4.95. The van der Waals surface area contributed by atoms with Crippen molar-refractivity contribution in [3.05, 3.63) is 5.92 Å². The molecule has 0 aliphatic heterocycles. The van der Waals surface area contributed by atoms with E-state index >= 15 is 0 Å². The monoisotopic (exact) mass is 153 g/mol. The first kappa shape index (κ1) is 9.09. The van der Waals surface area contributed by atoms with Crippen LogP contribution in [0.15, 0.2) is 0 Å². The van der Waals surface area contributed by atoms with Gasteiger partial charge in [-0.1, -0.05) is 34.6 Å². The highest BCUT2D eigenvalue weighted by Crippen LogP contribution is 2.56. The van der Waals surface area contributed by atoms with E-state index in [9.17, 15) is 0 Å². The topological polar surface area (TPSA) is 0 Å². The first-order chi connectivity index (χ1) is 4.97. The fourth-order valence-electron chi connectivity index (χ4n) is 2.68. The maximum absolute atomic E-state index is 2.44. The largest absolute Gasteiger partial charge is 0.0625 e. The molecule has 65 valence electrons. The van der Waals surface area contributed by atoms with Crippen LogP contribution in [0.25, 0.3) is 0 Å². The van der Waals surface area contributed by atoms with Crippen molar-refractivity contribution < 1.29 is 0 Å². The summed E-state index contributed by atoms with van der Waals surface area (Å²) in [5.74, 6) is 3.31. The number of rotatable bonds is 3. The summed E-state index contributed by atoms with van der Waals surface area (Å²) in [6, 6.07) is 0. The van der Waals surface area contributed by atoms with Gasteiger partial charge in [0.15, 0.2) is 0 Å². The average molecular weight is 153 g/mol. The Morgan fingerprint density at radius 2 is 1.64 bits per heavy atom. The molecule has 0 aromatic rings. The Morgan fingerprint density at radius 1 is 1.18 bits per heavy atom. The predicted molar refractivity (Wildman–Crippen MR) is 50.3 cm³/mol. The molecule has 0 N–H and O–H groups in total. The zero-order valence-electron chi connectivity index (χ0n) is 8.57. The molecule has 1 aliphatic rings. The zero-order valence-corrected chi connectivity index (χ0v) is 8.57. The van der Waals surface area contributed by atoms with Gasteiger partial charge in [-0.05, 0) is 36.0 Å². The average Bonchev–Trinajstić information content (AvgIpc) is 2.44. The minimum Gasteiger partial charge on any atom is -0.0625 e. The molecule has 0 nitrogen and oxygen atoms in total. The Morgan fingerprint density at radius 3 is 1.73 bits per heavy atom. The van der Waals surface area contributed by atoms with Gasteiger partial charge in [0.2, 0.25) is 0 Å². The fraction of sp³-hybridized carbons (Fsp3) is 0.909. The molecule has 0 amide bonds. The van der Waals surface area contributed by atoms with Gasteiger partial charge < -0.3 is 0 Å². The van der Waals surface area contributed by atoms with E-state index in [0.717, 1.165) is 11.8 Å². The van der Waals surface area contributed by atoms with Gasteiger partial charge in [-0.3, -0.25) is 0 Å². The van der Waals surface area contributed by atoms with E-state index in [1.54, 1.807) is 5.92 Å². The third-order valence-electron chi connectivity index (χ3n) is 3.08. The molecule has 0 aromatic carbocycles. The van der Waals surface area contributed by atoms with Gasteiger partial charge in [-0.2, -0.15) is 0 Å². The summed E-state index contributed by atoms with van der Waals surface area (Å²) in [6.45, 7) is 11.7. The lowest BCUT2D eigenvalue weighted by atomic mass is 9.75. The summed E-state index contributed by atoms with van der Waals surface area (Å²) in [4.78, 5) is 0. The molecule has 1 atom stereocenters. The normalized spacial score (nSPS) is 21.8. The van der Waals surface area contributed by atoms with E-state index in [1.165, 1.54) is 12.8 Å². The van der Waals surface area contributed by atoms with Gasteiger partial charge in [-0.15, -0.1) is 0 Å². The molecule has 0 heteroatoms. The highest BCUT2D eigenvalue weighted by atomic mass is 14.5. The third-order valence-corrected chi connectivity index (χ3v) is 3.08. The highest BCUT2D eigenvalue weighted by Gasteiger charge is 2.46. The Labute approximate surface area is 71.4 Å². The van der Waals surface area contributed by atoms with E-state index in [0.29, 0.717) is 5.41 Å². The van der Waals surface area contributed by atoms with Crippen molar-refractivity contribution in [3.8, 4) is 0 Å². The molecule has 1 fully saturated rings. The summed E-state index contributed by atoms with van der Waals surface area (Å²) >= 11 is 0. The number of hydrogen-bond donors (Lipinski definition) is 0. The summed E-state index contributed by atoms with van der Waals surface area (Å²) in [6.07, 6.45) is 2.89. The fourth-order valence-corrected chi connectivity index (χ4v) is 2.68. The second kappa shape index (κ2) is 2.80. The standard InChI is InChI=1S/C11H21/c1-8(2)10(9(3)4)11(5)6-7-11/h8,10H,6-7H2,1-5H3. The number of hydrogen-bond acceptors (Lipinski definition) is 0. The van der Waals surface area contributed by atoms with Crippen LogP contribution in [0.3, 0.4) is 0 Å². The van der Waals surface area contributed by atoms with Gasteiger partial charge >= 0.3 is 0 Å². The quantitative estimate of drug-likeness (QED) is 0.580. The van der Waals surface area contributed by atoms with Crippen molar-refractivity contribution >= 4 is 0 Å². The summed E-state index contributed by atoms with van der Waals surface area (Å²) in [5, 5.41) is 0. The predicted octanol–water partition coefficient (Wildman–Crippen LogP) is 3.67. The van der Waals surface area contributed by atoms with Crippen LogP contribution in [-0.4, -0.2) is 0 Å². The van der Waals surface area contributed by atoms with Crippen LogP contribution in [0.2, 0.25) is 0 Å². The molecular formula is C11H21. The minimum absolute atomic E-state index is 0.674. The van der Waals surface area contributed by atoms with Gasteiger partial charge in [0.25, 0.3) is 0 Å². The van der Waals surface area contributed by atoms with Crippen LogP contribution < -0.4 is 0 Å². The van der Waals surface area contributed by atoms with Crippen molar-refractivity contribution in [3.63, 3.8) is 0 Å². The van der Waals surface area contributed by atoms with Crippen molar-refractivity contribution in [2.24, 2.45) is 17.3 Å². The maximum Gasteiger partial charge on any atom is -0.0264 e. The van der Waals surface area contributed by atoms with E-state index in [1.807, 2.05) is 0 Å². The Hall–Kier alpha value is 0. The first-order valence-corrected chi connectivity index (χ1v) is 4.77. The van der Waals surface area contributed by atoms with Crippen LogP contribution in [0.5, 0.6) is 0 Å². The molecule has 0 saturated heterocycles. The van der Waals surface area contributed by atoms with Crippen molar-refractivity contribution in [1.29, 1.82) is 0 Å². The molecule has 1 saturated carbocycles. The van der Waals surface area contributed by atoms with Crippen molar-refractivity contribution in [2.75, 3.05) is 0 Å². The highest BCUT2D eigenvalue weighted by molar-refractivity contribution is 5.05. The van der Waals surface area contributed by atoms with Crippen LogP contribution in [0, 0.1) is 23.2 Å². The Kier molecular flexibility index (Phi) is 2.32. The van der Waals surface area contributed by atoms with Gasteiger partial charge in [0, 0.05) is 0 Å². The molecule has 0 aromatic heterocycles. The molecule has 1 radical (unpaired) electrons. The lowest BCUT2D eigenvalue weighted by Crippen LogP contribution is -2.23. The summed E-state index contributed by atoms with van der Waals surface area (Å²) < 4.78 is 0. The lowest BCUT2D eigenvalue weighted by Gasteiger charge is -2.30. The third kappa shape index (κ3) is 1.77. The summed E-state index contributed by atoms with van der Waals surface area (Å²) in [5.41, 5.74) is 0.674. The lowest BCUT2D eigenvalue weighted by molar-refractivity contribution is 0.266. The molecule has 11 heavy (non-hydrogen) atoms. The first-order valence-electron chi connectivity index (χ1n) is 4.77. The minimum atomic E-state index is 0.674. The zero-order chi connectivity index (χ0) is 8.65. The van der Waals surface area contributed by atoms with Crippen LogP contribution >= 0.6 is 0 Å². The van der Waals surface area contributed by atoms with Crippen LogP contribution in [0.4, 0.5) is 0 Å². The molecule has 0 heterocycles. The molecule has 1 aliphatic carbocycles. The van der Waals surface area contributed by atoms with Crippen molar-refractivity contribution in [1.82, 2.24) is 0 Å². The van der Waals surface area contributed by atoms with Crippen LogP contribution in [-0.2, 0) is 0 Å².